The van der Waals surface area contributed by atoms with Crippen molar-refractivity contribution in [2.24, 2.45) is 0 Å². The van der Waals surface area contributed by atoms with E-state index in [1.54, 1.807) is 4.90 Å². The van der Waals surface area contributed by atoms with Gasteiger partial charge in [0.2, 0.25) is 5.91 Å². The summed E-state index contributed by atoms with van der Waals surface area (Å²) in [6.07, 6.45) is 0.326. The largest absolute Gasteiger partial charge is 0.382 e. The molecule has 2 heterocycles. The summed E-state index contributed by atoms with van der Waals surface area (Å²) < 4.78 is 0. The maximum atomic E-state index is 12.5. The van der Waals surface area contributed by atoms with E-state index in [2.05, 4.69) is 10.3 Å². The third-order valence-electron chi connectivity index (χ3n) is 3.24. The molecule has 1 aliphatic heterocycles. The number of nitrogens with zero attached hydrogens (tertiary/aromatic N) is 3. The average molecular weight is 297 g/mol. The Morgan fingerprint density at radius 2 is 2.30 bits per heavy atom. The van der Waals surface area contributed by atoms with Gasteiger partial charge < -0.3 is 20.9 Å². The minimum absolute atomic E-state index is 0.0241. The normalized spacial score (nSPS) is 15.7. The van der Waals surface area contributed by atoms with E-state index in [9.17, 15) is 9.59 Å². The van der Waals surface area contributed by atoms with Crippen molar-refractivity contribution in [1.29, 1.82) is 0 Å². The van der Waals surface area contributed by atoms with Crippen molar-refractivity contribution >= 4 is 34.1 Å². The number of carbonyl (C=O) groups is 2. The number of rotatable bonds is 3. The SMILES string of the molecule is CCN(C)c1nc(N)c(C(=O)N2CCNC(=O)CC2)s1. The highest BCUT2D eigenvalue weighted by Crippen LogP contribution is 2.28. The first-order chi connectivity index (χ1) is 9.52. The fourth-order valence-electron chi connectivity index (χ4n) is 1.89. The van der Waals surface area contributed by atoms with Gasteiger partial charge in [0.25, 0.3) is 5.91 Å². The summed E-state index contributed by atoms with van der Waals surface area (Å²) in [4.78, 5) is 32.0. The number of nitrogen functional groups attached to an aromatic ring is 1. The number of carbonyl (C=O) groups excluding carboxylic acids is 2. The van der Waals surface area contributed by atoms with E-state index in [-0.39, 0.29) is 17.6 Å². The van der Waals surface area contributed by atoms with Gasteiger partial charge >= 0.3 is 0 Å². The van der Waals surface area contributed by atoms with E-state index in [0.29, 0.717) is 30.9 Å². The number of hydrogen-bond acceptors (Lipinski definition) is 6. The fourth-order valence-corrected chi connectivity index (χ4v) is 2.86. The molecule has 2 rings (SSSR count). The van der Waals surface area contributed by atoms with Crippen molar-refractivity contribution in [3.63, 3.8) is 0 Å². The van der Waals surface area contributed by atoms with Crippen LogP contribution in [0.3, 0.4) is 0 Å². The molecule has 0 saturated carbocycles. The summed E-state index contributed by atoms with van der Waals surface area (Å²) >= 11 is 1.29. The minimum atomic E-state index is -0.146. The Bertz CT molecular complexity index is 516. The van der Waals surface area contributed by atoms with Gasteiger partial charge in [0.15, 0.2) is 5.13 Å². The molecule has 0 unspecified atom stereocenters. The predicted octanol–water partition coefficient (Wildman–Crippen LogP) is 0.144. The molecular formula is C12H19N5O2S. The van der Waals surface area contributed by atoms with Gasteiger partial charge in [-0.15, -0.1) is 0 Å². The van der Waals surface area contributed by atoms with Gasteiger partial charge in [-0.3, -0.25) is 9.59 Å². The van der Waals surface area contributed by atoms with Gasteiger partial charge in [0, 0.05) is 39.6 Å². The van der Waals surface area contributed by atoms with Crippen molar-refractivity contribution < 1.29 is 9.59 Å². The number of anilines is 2. The van der Waals surface area contributed by atoms with Gasteiger partial charge in [0.05, 0.1) is 0 Å². The Morgan fingerprint density at radius 1 is 1.55 bits per heavy atom. The topological polar surface area (TPSA) is 91.6 Å². The maximum absolute atomic E-state index is 12.5. The summed E-state index contributed by atoms with van der Waals surface area (Å²) in [7, 11) is 1.90. The maximum Gasteiger partial charge on any atom is 0.267 e. The van der Waals surface area contributed by atoms with E-state index >= 15 is 0 Å². The number of thiazole rings is 1. The lowest BCUT2D eigenvalue weighted by molar-refractivity contribution is -0.120. The quantitative estimate of drug-likeness (QED) is 0.828. The molecule has 1 aliphatic rings. The van der Waals surface area contributed by atoms with Crippen LogP contribution >= 0.6 is 11.3 Å². The van der Waals surface area contributed by atoms with Crippen LogP contribution in [-0.2, 0) is 4.79 Å². The van der Waals surface area contributed by atoms with Crippen LogP contribution < -0.4 is 16.0 Å². The number of amides is 2. The third kappa shape index (κ3) is 3.01. The molecular weight excluding hydrogens is 278 g/mol. The average Bonchev–Trinajstić information content (AvgIpc) is 2.69. The molecule has 1 aromatic heterocycles. The number of aromatic nitrogens is 1. The van der Waals surface area contributed by atoms with Crippen LogP contribution in [0.2, 0.25) is 0 Å². The molecule has 0 radical (unpaired) electrons. The standard InChI is InChI=1S/C12H19N5O2S/c1-3-16(2)12-15-10(13)9(20-12)11(19)17-6-4-8(18)14-5-7-17/h3-7,13H2,1-2H3,(H,14,18). The van der Waals surface area contributed by atoms with Crippen LogP contribution in [0.25, 0.3) is 0 Å². The summed E-state index contributed by atoms with van der Waals surface area (Å²) in [5.41, 5.74) is 5.85. The zero-order valence-corrected chi connectivity index (χ0v) is 12.5. The summed E-state index contributed by atoms with van der Waals surface area (Å²) in [5.74, 6) is 0.0927. The Balaban J connectivity index is 2.16. The second-order valence-electron chi connectivity index (χ2n) is 4.62. The number of nitrogens with one attached hydrogen (secondary N) is 1. The van der Waals surface area contributed by atoms with E-state index in [1.165, 1.54) is 11.3 Å². The van der Waals surface area contributed by atoms with Crippen molar-refractivity contribution in [1.82, 2.24) is 15.2 Å². The van der Waals surface area contributed by atoms with Gasteiger partial charge in [-0.2, -0.15) is 0 Å². The monoisotopic (exact) mass is 297 g/mol. The van der Waals surface area contributed by atoms with Gasteiger partial charge in [-0.05, 0) is 6.92 Å². The highest BCUT2D eigenvalue weighted by molar-refractivity contribution is 7.18. The van der Waals surface area contributed by atoms with E-state index in [4.69, 9.17) is 5.73 Å². The molecule has 1 aromatic rings. The molecule has 1 saturated heterocycles. The predicted molar refractivity (Wildman–Crippen MR) is 79.0 cm³/mol. The summed E-state index contributed by atoms with van der Waals surface area (Å²) in [5, 5.41) is 3.48. The zero-order chi connectivity index (χ0) is 14.7. The second kappa shape index (κ2) is 6.08. The summed E-state index contributed by atoms with van der Waals surface area (Å²) in [6, 6.07) is 0. The number of nitrogens with two attached hydrogens (primary N) is 1. The van der Waals surface area contributed by atoms with Crippen molar-refractivity contribution in [3.05, 3.63) is 4.88 Å². The lowest BCUT2D eigenvalue weighted by Crippen LogP contribution is -2.34. The van der Waals surface area contributed by atoms with Crippen LogP contribution in [0, 0.1) is 0 Å². The van der Waals surface area contributed by atoms with E-state index in [1.807, 2.05) is 18.9 Å². The second-order valence-corrected chi connectivity index (χ2v) is 5.59. The van der Waals surface area contributed by atoms with E-state index in [0.717, 1.165) is 11.7 Å². The smallest absolute Gasteiger partial charge is 0.267 e. The molecule has 0 atom stereocenters. The van der Waals surface area contributed by atoms with Crippen LogP contribution in [0.15, 0.2) is 0 Å². The number of hydrogen-bond donors (Lipinski definition) is 2. The minimum Gasteiger partial charge on any atom is -0.382 e. The highest BCUT2D eigenvalue weighted by Gasteiger charge is 2.24. The zero-order valence-electron chi connectivity index (χ0n) is 11.7. The molecule has 1 fully saturated rings. The Labute approximate surface area is 121 Å². The molecule has 0 aromatic carbocycles. The lowest BCUT2D eigenvalue weighted by Gasteiger charge is -2.18. The molecule has 0 spiro atoms. The Kier molecular flexibility index (Phi) is 4.43. The van der Waals surface area contributed by atoms with Gasteiger partial charge in [-0.1, -0.05) is 11.3 Å². The van der Waals surface area contributed by atoms with Crippen LogP contribution in [-0.4, -0.2) is 54.9 Å². The highest BCUT2D eigenvalue weighted by atomic mass is 32.1. The Hall–Kier alpha value is -1.83. The van der Waals surface area contributed by atoms with E-state index < -0.39 is 0 Å². The third-order valence-corrected chi connectivity index (χ3v) is 4.41. The van der Waals surface area contributed by atoms with Crippen molar-refractivity contribution in [3.8, 4) is 0 Å². The molecule has 20 heavy (non-hydrogen) atoms. The lowest BCUT2D eigenvalue weighted by atomic mass is 10.3. The molecule has 2 amide bonds. The summed E-state index contributed by atoms with van der Waals surface area (Å²) in [6.45, 7) is 4.20. The Morgan fingerprint density at radius 3 is 3.00 bits per heavy atom. The fraction of sp³-hybridized carbons (Fsp3) is 0.583. The first-order valence-corrected chi connectivity index (χ1v) is 7.38. The van der Waals surface area contributed by atoms with Crippen LogP contribution in [0.4, 0.5) is 10.9 Å². The molecule has 0 aliphatic carbocycles. The molecule has 7 nitrogen and oxygen atoms in total. The first kappa shape index (κ1) is 14.6. The molecule has 8 heteroatoms. The van der Waals surface area contributed by atoms with Crippen LogP contribution in [0.5, 0.6) is 0 Å². The molecule has 3 N–H and O–H groups in total. The van der Waals surface area contributed by atoms with Gasteiger partial charge in [0.1, 0.15) is 10.7 Å². The molecule has 0 bridgehead atoms. The first-order valence-electron chi connectivity index (χ1n) is 6.56. The van der Waals surface area contributed by atoms with Gasteiger partial charge in [-0.25, -0.2) is 4.98 Å². The molecule has 110 valence electrons. The van der Waals surface area contributed by atoms with Crippen LogP contribution in [0.1, 0.15) is 23.0 Å². The van der Waals surface area contributed by atoms with Crippen molar-refractivity contribution in [2.75, 3.05) is 43.9 Å². The van der Waals surface area contributed by atoms with Crippen molar-refractivity contribution in [2.45, 2.75) is 13.3 Å².